The van der Waals surface area contributed by atoms with Gasteiger partial charge in [0.15, 0.2) is 0 Å². The molecule has 2 aromatic carbocycles. The molecule has 2 aromatic rings. The zero-order chi connectivity index (χ0) is 18.8. The molecule has 2 amide bonds. The van der Waals surface area contributed by atoms with Crippen molar-refractivity contribution >= 4 is 23.2 Å². The molecule has 1 atom stereocenters. The summed E-state index contributed by atoms with van der Waals surface area (Å²) in [4.78, 5) is 27.0. The van der Waals surface area contributed by atoms with Crippen molar-refractivity contribution in [3.05, 3.63) is 59.7 Å². The molecule has 1 fully saturated rings. The number of amides is 2. The Morgan fingerprint density at radius 1 is 1.15 bits per heavy atom. The van der Waals surface area contributed by atoms with Crippen LogP contribution in [0.2, 0.25) is 0 Å². The number of nitrogens with one attached hydrogen (secondary N) is 1. The van der Waals surface area contributed by atoms with E-state index >= 15 is 0 Å². The summed E-state index contributed by atoms with van der Waals surface area (Å²) in [5.74, 6) is 0.622. The van der Waals surface area contributed by atoms with Crippen molar-refractivity contribution in [1.82, 2.24) is 0 Å². The first-order valence-electron chi connectivity index (χ1n) is 9.91. The molecule has 1 saturated carbocycles. The molecule has 1 N–H and O–H groups in total. The first kappa shape index (κ1) is 17.8. The van der Waals surface area contributed by atoms with E-state index in [0.717, 1.165) is 43.6 Å². The summed E-state index contributed by atoms with van der Waals surface area (Å²) in [6, 6.07) is 16.1. The van der Waals surface area contributed by atoms with Crippen LogP contribution < -0.4 is 10.2 Å². The van der Waals surface area contributed by atoms with Crippen molar-refractivity contribution in [3.63, 3.8) is 0 Å². The Morgan fingerprint density at radius 2 is 1.93 bits per heavy atom. The van der Waals surface area contributed by atoms with E-state index in [1.54, 1.807) is 0 Å². The Balaban J connectivity index is 1.45. The van der Waals surface area contributed by atoms with Crippen molar-refractivity contribution in [2.45, 2.75) is 44.9 Å². The quantitative estimate of drug-likeness (QED) is 0.851. The van der Waals surface area contributed by atoms with Crippen molar-refractivity contribution in [1.29, 1.82) is 0 Å². The van der Waals surface area contributed by atoms with Gasteiger partial charge < -0.3 is 10.2 Å². The van der Waals surface area contributed by atoms with Crippen LogP contribution in [0.15, 0.2) is 48.5 Å². The number of hydrogen-bond donors (Lipinski definition) is 1. The van der Waals surface area contributed by atoms with E-state index in [4.69, 9.17) is 0 Å². The Bertz CT molecular complexity index is 843. The summed E-state index contributed by atoms with van der Waals surface area (Å²) >= 11 is 0. The lowest BCUT2D eigenvalue weighted by Crippen LogP contribution is -2.36. The second-order valence-corrected chi connectivity index (χ2v) is 7.78. The second-order valence-electron chi connectivity index (χ2n) is 7.78. The minimum Gasteiger partial charge on any atom is -0.326 e. The fourth-order valence-electron chi connectivity index (χ4n) is 3.82. The van der Waals surface area contributed by atoms with Crippen molar-refractivity contribution in [2.24, 2.45) is 5.92 Å². The average molecular weight is 362 g/mol. The van der Waals surface area contributed by atoms with Gasteiger partial charge in [-0.25, -0.2) is 0 Å². The predicted octanol–water partition coefficient (Wildman–Crippen LogP) is 4.51. The summed E-state index contributed by atoms with van der Waals surface area (Å²) in [5, 5.41) is 3.02. The van der Waals surface area contributed by atoms with Crippen LogP contribution >= 0.6 is 0 Å². The molecule has 4 heteroatoms. The van der Waals surface area contributed by atoms with Crippen molar-refractivity contribution < 1.29 is 9.59 Å². The molecule has 0 bridgehead atoms. The lowest BCUT2D eigenvalue weighted by molar-refractivity contribution is -0.120. The topological polar surface area (TPSA) is 49.4 Å². The van der Waals surface area contributed by atoms with Crippen LogP contribution in [0.4, 0.5) is 11.4 Å². The van der Waals surface area contributed by atoms with Gasteiger partial charge in [-0.15, -0.1) is 0 Å². The lowest BCUT2D eigenvalue weighted by atomic mass is 9.97. The third kappa shape index (κ3) is 4.05. The van der Waals surface area contributed by atoms with Gasteiger partial charge in [0, 0.05) is 30.3 Å². The van der Waals surface area contributed by atoms with E-state index in [1.165, 1.54) is 11.1 Å². The number of anilines is 2. The van der Waals surface area contributed by atoms with Gasteiger partial charge in [-0.3, -0.25) is 9.59 Å². The Kier molecular flexibility index (Phi) is 4.97. The SMILES string of the molecule is CC(CC(=O)Nc1ccc2c(c1)N(C(=O)C1CC1)CCC2)c1ccccc1. The summed E-state index contributed by atoms with van der Waals surface area (Å²) in [6.07, 6.45) is 4.46. The Labute approximate surface area is 160 Å². The van der Waals surface area contributed by atoms with Gasteiger partial charge in [0.2, 0.25) is 11.8 Å². The number of fused-ring (bicyclic) bond motifs is 1. The number of benzene rings is 2. The third-order valence-corrected chi connectivity index (χ3v) is 5.54. The fraction of sp³-hybridized carbons (Fsp3) is 0.391. The first-order chi connectivity index (χ1) is 13.1. The van der Waals surface area contributed by atoms with Crippen LogP contribution in [0, 0.1) is 5.92 Å². The van der Waals surface area contributed by atoms with E-state index in [1.807, 2.05) is 35.2 Å². The molecular weight excluding hydrogens is 336 g/mol. The Morgan fingerprint density at radius 3 is 2.67 bits per heavy atom. The van der Waals surface area contributed by atoms with E-state index in [2.05, 4.69) is 30.4 Å². The summed E-state index contributed by atoms with van der Waals surface area (Å²) in [7, 11) is 0. The van der Waals surface area contributed by atoms with Gasteiger partial charge >= 0.3 is 0 Å². The summed E-state index contributed by atoms with van der Waals surface area (Å²) in [5.41, 5.74) is 4.12. The van der Waals surface area contributed by atoms with Gasteiger partial charge in [-0.2, -0.15) is 0 Å². The highest BCUT2D eigenvalue weighted by Crippen LogP contribution is 2.37. The molecular formula is C23H26N2O2. The van der Waals surface area contributed by atoms with Crippen LogP contribution in [0.5, 0.6) is 0 Å². The molecule has 0 aromatic heterocycles. The molecule has 4 nitrogen and oxygen atoms in total. The van der Waals surface area contributed by atoms with Crippen molar-refractivity contribution in [3.8, 4) is 0 Å². The zero-order valence-electron chi connectivity index (χ0n) is 15.8. The minimum atomic E-state index is 0.00202. The number of nitrogens with zero attached hydrogens (tertiary/aromatic N) is 1. The smallest absolute Gasteiger partial charge is 0.230 e. The van der Waals surface area contributed by atoms with E-state index < -0.39 is 0 Å². The molecule has 140 valence electrons. The van der Waals surface area contributed by atoms with Crippen LogP contribution in [0.1, 0.15) is 49.7 Å². The molecule has 0 spiro atoms. The third-order valence-electron chi connectivity index (χ3n) is 5.54. The molecule has 27 heavy (non-hydrogen) atoms. The summed E-state index contributed by atoms with van der Waals surface area (Å²) in [6.45, 7) is 2.85. The van der Waals surface area contributed by atoms with E-state index in [0.29, 0.717) is 6.42 Å². The molecule has 0 radical (unpaired) electrons. The average Bonchev–Trinajstić information content (AvgIpc) is 3.53. The van der Waals surface area contributed by atoms with Gasteiger partial charge in [-0.05, 0) is 54.9 Å². The molecule has 4 rings (SSSR count). The monoisotopic (exact) mass is 362 g/mol. The maximum Gasteiger partial charge on any atom is 0.230 e. The maximum atomic E-state index is 12.6. The maximum absolute atomic E-state index is 12.6. The lowest BCUT2D eigenvalue weighted by Gasteiger charge is -2.30. The number of hydrogen-bond acceptors (Lipinski definition) is 2. The van der Waals surface area contributed by atoms with Crippen LogP contribution in [-0.4, -0.2) is 18.4 Å². The standard InChI is InChI=1S/C23H26N2O2/c1-16(17-6-3-2-4-7-17)14-22(26)24-20-12-11-18-8-5-13-25(21(18)15-20)23(27)19-9-10-19/h2-4,6-7,11-12,15-16,19H,5,8-10,13-14H2,1H3,(H,24,26). The molecule has 1 unspecified atom stereocenters. The van der Waals surface area contributed by atoms with E-state index in [-0.39, 0.29) is 23.7 Å². The number of rotatable bonds is 5. The number of carbonyl (C=O) groups excluding carboxylic acids is 2. The van der Waals surface area contributed by atoms with Crippen molar-refractivity contribution in [2.75, 3.05) is 16.8 Å². The van der Waals surface area contributed by atoms with Gasteiger partial charge in [-0.1, -0.05) is 43.3 Å². The Hall–Kier alpha value is -2.62. The fourth-order valence-corrected chi connectivity index (χ4v) is 3.82. The summed E-state index contributed by atoms with van der Waals surface area (Å²) < 4.78 is 0. The molecule has 1 heterocycles. The van der Waals surface area contributed by atoms with Crippen LogP contribution in [-0.2, 0) is 16.0 Å². The highest BCUT2D eigenvalue weighted by atomic mass is 16.2. The normalized spacial score (nSPS) is 17.1. The van der Waals surface area contributed by atoms with Crippen LogP contribution in [0.25, 0.3) is 0 Å². The second kappa shape index (κ2) is 7.55. The zero-order valence-corrected chi connectivity index (χ0v) is 15.8. The van der Waals surface area contributed by atoms with Gasteiger partial charge in [0.25, 0.3) is 0 Å². The molecule has 2 aliphatic rings. The molecule has 1 aliphatic carbocycles. The molecule has 0 saturated heterocycles. The predicted molar refractivity (Wildman–Crippen MR) is 108 cm³/mol. The van der Waals surface area contributed by atoms with E-state index in [9.17, 15) is 9.59 Å². The minimum absolute atomic E-state index is 0.00202. The highest BCUT2D eigenvalue weighted by Gasteiger charge is 2.35. The van der Waals surface area contributed by atoms with Gasteiger partial charge in [0.05, 0.1) is 0 Å². The van der Waals surface area contributed by atoms with Gasteiger partial charge in [0.1, 0.15) is 0 Å². The first-order valence-corrected chi connectivity index (χ1v) is 9.91. The largest absolute Gasteiger partial charge is 0.326 e. The number of carbonyl (C=O) groups is 2. The number of aryl methyl sites for hydroxylation is 1. The molecule has 1 aliphatic heterocycles. The van der Waals surface area contributed by atoms with Crippen LogP contribution in [0.3, 0.4) is 0 Å². The highest BCUT2D eigenvalue weighted by molar-refractivity contribution is 5.99.